The van der Waals surface area contributed by atoms with Crippen LogP contribution in [0.3, 0.4) is 0 Å². The maximum Gasteiger partial charge on any atom is 0.265 e. The molecular formula is C22H23NO4S2. The highest BCUT2D eigenvalue weighted by Crippen LogP contribution is 2.31. The predicted molar refractivity (Wildman–Crippen MR) is 120 cm³/mol. The van der Waals surface area contributed by atoms with E-state index in [9.17, 15) is 4.79 Å². The van der Waals surface area contributed by atoms with E-state index < -0.39 is 0 Å². The molecule has 0 bridgehead atoms. The lowest BCUT2D eigenvalue weighted by molar-refractivity contribution is -0.121. The number of aryl methyl sites for hydroxylation is 1. The van der Waals surface area contributed by atoms with Crippen molar-refractivity contribution in [1.29, 1.82) is 0 Å². The van der Waals surface area contributed by atoms with E-state index in [0.29, 0.717) is 35.7 Å². The third-order valence-corrected chi connectivity index (χ3v) is 5.61. The fourth-order valence-corrected chi connectivity index (χ4v) is 3.81. The molecule has 0 saturated carbocycles. The van der Waals surface area contributed by atoms with E-state index in [2.05, 4.69) is 0 Å². The standard InChI is InChI=1S/C22H23NO4S2/c1-16-5-3-7-18(13-16)26-11-9-25-10-12-27-19-8-4-6-17(14-19)15-20-21(24)23(2)22(28)29-20/h3-8,13-15H,9-12H2,1-2H3/b20-15+. The van der Waals surface area contributed by atoms with Gasteiger partial charge in [0.15, 0.2) is 0 Å². The number of carbonyl (C=O) groups excluding carboxylic acids is 1. The zero-order valence-corrected chi connectivity index (χ0v) is 18.1. The fourth-order valence-electron chi connectivity index (χ4n) is 2.64. The maximum atomic E-state index is 12.1. The van der Waals surface area contributed by atoms with Crippen LogP contribution in [0, 0.1) is 6.92 Å². The number of amides is 1. The van der Waals surface area contributed by atoms with E-state index in [0.717, 1.165) is 17.1 Å². The Bertz CT molecular complexity index is 913. The normalized spacial score (nSPS) is 15.2. The van der Waals surface area contributed by atoms with Crippen molar-refractivity contribution in [1.82, 2.24) is 4.90 Å². The molecule has 152 valence electrons. The van der Waals surface area contributed by atoms with Crippen LogP contribution >= 0.6 is 24.0 Å². The van der Waals surface area contributed by atoms with Crippen molar-refractivity contribution in [2.45, 2.75) is 6.92 Å². The van der Waals surface area contributed by atoms with Gasteiger partial charge in [-0.1, -0.05) is 48.2 Å². The van der Waals surface area contributed by atoms with Crippen LogP contribution in [0.1, 0.15) is 11.1 Å². The first-order chi connectivity index (χ1) is 14.0. The average molecular weight is 430 g/mol. The third kappa shape index (κ3) is 6.32. The number of nitrogens with zero attached hydrogens (tertiary/aromatic N) is 1. The van der Waals surface area contributed by atoms with Crippen molar-refractivity contribution in [3.05, 3.63) is 64.6 Å². The number of likely N-dealkylation sites (N-methyl/N-ethyl adjacent to an activating group) is 1. The Hall–Kier alpha value is -2.35. The minimum absolute atomic E-state index is 0.0763. The zero-order chi connectivity index (χ0) is 20.6. The molecule has 1 aliphatic rings. The van der Waals surface area contributed by atoms with Crippen LogP contribution in [0.25, 0.3) is 6.08 Å². The van der Waals surface area contributed by atoms with Gasteiger partial charge in [-0.2, -0.15) is 0 Å². The minimum Gasteiger partial charge on any atom is -0.491 e. The van der Waals surface area contributed by atoms with Crippen molar-refractivity contribution >= 4 is 40.3 Å². The summed E-state index contributed by atoms with van der Waals surface area (Å²) in [6.07, 6.45) is 1.83. The van der Waals surface area contributed by atoms with E-state index in [1.165, 1.54) is 22.2 Å². The smallest absolute Gasteiger partial charge is 0.265 e. The zero-order valence-electron chi connectivity index (χ0n) is 16.4. The summed E-state index contributed by atoms with van der Waals surface area (Å²) in [6.45, 7) is 3.93. The lowest BCUT2D eigenvalue weighted by atomic mass is 10.2. The summed E-state index contributed by atoms with van der Waals surface area (Å²) in [5, 5.41) is 0. The number of ether oxygens (including phenoxy) is 3. The Kier molecular flexibility index (Phi) is 7.69. The molecule has 0 N–H and O–H groups in total. The van der Waals surface area contributed by atoms with E-state index >= 15 is 0 Å². The molecule has 0 spiro atoms. The number of hydrogen-bond acceptors (Lipinski definition) is 6. The minimum atomic E-state index is -0.0763. The Balaban J connectivity index is 1.39. The van der Waals surface area contributed by atoms with E-state index in [1.807, 2.05) is 61.5 Å². The van der Waals surface area contributed by atoms with E-state index in [4.69, 9.17) is 26.4 Å². The van der Waals surface area contributed by atoms with Crippen molar-refractivity contribution in [2.75, 3.05) is 33.5 Å². The summed E-state index contributed by atoms with van der Waals surface area (Å²) in [5.74, 6) is 1.50. The van der Waals surface area contributed by atoms with Crippen LogP contribution < -0.4 is 9.47 Å². The van der Waals surface area contributed by atoms with Gasteiger partial charge in [0.05, 0.1) is 18.1 Å². The summed E-state index contributed by atoms with van der Waals surface area (Å²) in [5.41, 5.74) is 2.06. The highest BCUT2D eigenvalue weighted by atomic mass is 32.2. The summed E-state index contributed by atoms with van der Waals surface area (Å²) in [7, 11) is 1.68. The molecule has 7 heteroatoms. The molecule has 1 saturated heterocycles. The van der Waals surface area contributed by atoms with Crippen LogP contribution in [0.2, 0.25) is 0 Å². The van der Waals surface area contributed by atoms with Crippen LogP contribution in [0.5, 0.6) is 11.5 Å². The van der Waals surface area contributed by atoms with Gasteiger partial charge in [0.25, 0.3) is 5.91 Å². The first kappa shape index (κ1) is 21.4. The second-order valence-electron chi connectivity index (χ2n) is 6.44. The van der Waals surface area contributed by atoms with Gasteiger partial charge in [0.2, 0.25) is 0 Å². The summed E-state index contributed by atoms with van der Waals surface area (Å²) < 4.78 is 17.5. The Morgan fingerprint density at radius 1 is 1.00 bits per heavy atom. The molecular weight excluding hydrogens is 406 g/mol. The molecule has 2 aromatic carbocycles. The first-order valence-corrected chi connectivity index (χ1v) is 10.5. The Morgan fingerprint density at radius 2 is 1.66 bits per heavy atom. The Morgan fingerprint density at radius 3 is 2.28 bits per heavy atom. The molecule has 0 radical (unpaired) electrons. The van der Waals surface area contributed by atoms with E-state index in [-0.39, 0.29) is 5.91 Å². The van der Waals surface area contributed by atoms with Gasteiger partial charge in [-0.15, -0.1) is 0 Å². The molecule has 0 aliphatic carbocycles. The predicted octanol–water partition coefficient (Wildman–Crippen LogP) is 4.30. The number of hydrogen-bond donors (Lipinski definition) is 0. The quantitative estimate of drug-likeness (QED) is 0.337. The van der Waals surface area contributed by atoms with Crippen LogP contribution in [-0.2, 0) is 9.53 Å². The second kappa shape index (κ2) is 10.4. The van der Waals surface area contributed by atoms with Gasteiger partial charge in [0, 0.05) is 7.05 Å². The SMILES string of the molecule is Cc1cccc(OCCOCCOc2cccc(/C=C3/SC(=S)N(C)C3=O)c2)c1. The van der Waals surface area contributed by atoms with Crippen LogP contribution in [-0.4, -0.2) is 48.6 Å². The molecule has 0 unspecified atom stereocenters. The van der Waals surface area contributed by atoms with Crippen molar-refractivity contribution in [3.8, 4) is 11.5 Å². The fraction of sp³-hybridized carbons (Fsp3) is 0.273. The largest absolute Gasteiger partial charge is 0.491 e. The molecule has 3 rings (SSSR count). The van der Waals surface area contributed by atoms with E-state index in [1.54, 1.807) is 7.05 Å². The molecule has 29 heavy (non-hydrogen) atoms. The average Bonchev–Trinajstić information content (AvgIpc) is 2.94. The van der Waals surface area contributed by atoms with Gasteiger partial charge >= 0.3 is 0 Å². The van der Waals surface area contributed by atoms with Gasteiger partial charge in [-0.25, -0.2) is 0 Å². The molecule has 0 atom stereocenters. The molecule has 5 nitrogen and oxygen atoms in total. The third-order valence-electron chi connectivity index (χ3n) is 4.12. The number of benzene rings is 2. The topological polar surface area (TPSA) is 48.0 Å². The van der Waals surface area contributed by atoms with Gasteiger partial charge in [0.1, 0.15) is 29.0 Å². The number of carbonyl (C=O) groups is 1. The van der Waals surface area contributed by atoms with Crippen LogP contribution in [0.15, 0.2) is 53.4 Å². The van der Waals surface area contributed by atoms with Crippen LogP contribution in [0.4, 0.5) is 0 Å². The molecule has 1 heterocycles. The first-order valence-electron chi connectivity index (χ1n) is 9.24. The van der Waals surface area contributed by atoms with Gasteiger partial charge in [-0.05, 0) is 48.4 Å². The Labute approximate surface area is 180 Å². The maximum absolute atomic E-state index is 12.1. The number of thioether (sulfide) groups is 1. The van der Waals surface area contributed by atoms with Gasteiger partial charge in [-0.3, -0.25) is 9.69 Å². The molecule has 1 amide bonds. The lowest BCUT2D eigenvalue weighted by Crippen LogP contribution is -2.22. The lowest BCUT2D eigenvalue weighted by Gasteiger charge is -2.09. The van der Waals surface area contributed by atoms with Crippen molar-refractivity contribution in [3.63, 3.8) is 0 Å². The van der Waals surface area contributed by atoms with Crippen molar-refractivity contribution < 1.29 is 19.0 Å². The molecule has 1 fully saturated rings. The molecule has 2 aromatic rings. The molecule has 0 aromatic heterocycles. The highest BCUT2D eigenvalue weighted by Gasteiger charge is 2.28. The summed E-state index contributed by atoms with van der Waals surface area (Å²) >= 11 is 6.46. The number of rotatable bonds is 9. The second-order valence-corrected chi connectivity index (χ2v) is 8.11. The monoisotopic (exact) mass is 429 g/mol. The number of thiocarbonyl (C=S) groups is 1. The summed E-state index contributed by atoms with van der Waals surface area (Å²) in [4.78, 5) is 14.2. The van der Waals surface area contributed by atoms with Crippen molar-refractivity contribution in [2.24, 2.45) is 0 Å². The molecule has 1 aliphatic heterocycles. The summed E-state index contributed by atoms with van der Waals surface area (Å²) in [6, 6.07) is 15.5. The van der Waals surface area contributed by atoms with Gasteiger partial charge < -0.3 is 14.2 Å². The highest BCUT2D eigenvalue weighted by molar-refractivity contribution is 8.26.